The van der Waals surface area contributed by atoms with Crippen LogP contribution in [0.25, 0.3) is 0 Å². The Morgan fingerprint density at radius 2 is 2.06 bits per heavy atom. The summed E-state index contributed by atoms with van der Waals surface area (Å²) < 4.78 is 13.5. The average Bonchev–Trinajstić information content (AvgIpc) is 2.83. The number of hydrogen-bond donors (Lipinski definition) is 1. The lowest BCUT2D eigenvalue weighted by Gasteiger charge is -2.09. The van der Waals surface area contributed by atoms with E-state index in [9.17, 15) is 9.00 Å². The van der Waals surface area contributed by atoms with Gasteiger partial charge >= 0.3 is 0 Å². The molecule has 0 radical (unpaired) electrons. The van der Waals surface area contributed by atoms with E-state index in [0.29, 0.717) is 23.9 Å². The molecule has 18 heavy (non-hydrogen) atoms. The number of hydrogen-bond acceptors (Lipinski definition) is 3. The van der Waals surface area contributed by atoms with Gasteiger partial charge in [0.15, 0.2) is 0 Å². The van der Waals surface area contributed by atoms with Gasteiger partial charge in [0.25, 0.3) is 5.56 Å². The maximum atomic E-state index is 11.9. The van der Waals surface area contributed by atoms with Crippen LogP contribution in [-0.4, -0.2) is 20.3 Å². The molecule has 0 spiro atoms. The summed E-state index contributed by atoms with van der Waals surface area (Å²) in [5.74, 6) is 1.96. The normalized spacial score (nSPS) is 18.0. The van der Waals surface area contributed by atoms with Crippen LogP contribution in [0.4, 0.5) is 5.69 Å². The number of rotatable bonds is 5. The zero-order valence-electron chi connectivity index (χ0n) is 10.5. The summed E-state index contributed by atoms with van der Waals surface area (Å²) in [5, 5.41) is 0. The molecule has 5 heteroatoms. The minimum atomic E-state index is -0.826. The highest BCUT2D eigenvalue weighted by molar-refractivity contribution is 7.84. The monoisotopic (exact) mass is 268 g/mol. The Labute approximate surface area is 110 Å². The second kappa shape index (κ2) is 6.18. The molecular formula is C13H20N2O2S. The molecule has 4 nitrogen and oxygen atoms in total. The zero-order valence-corrected chi connectivity index (χ0v) is 11.3. The molecule has 0 saturated heterocycles. The third-order valence-electron chi connectivity index (χ3n) is 3.46. The largest absolute Gasteiger partial charge is 0.398 e. The Balaban J connectivity index is 1.85. The minimum Gasteiger partial charge on any atom is -0.398 e. The van der Waals surface area contributed by atoms with Gasteiger partial charge in [0, 0.05) is 46.8 Å². The third kappa shape index (κ3) is 3.70. The molecule has 0 bridgehead atoms. The SMILES string of the molecule is Nc1ccc(=O)n(CCS(=O)CC2CCCC2)c1. The van der Waals surface area contributed by atoms with Crippen molar-refractivity contribution in [3.05, 3.63) is 28.7 Å². The van der Waals surface area contributed by atoms with E-state index >= 15 is 0 Å². The van der Waals surface area contributed by atoms with Crippen LogP contribution in [0.15, 0.2) is 23.1 Å². The van der Waals surface area contributed by atoms with Crippen molar-refractivity contribution in [1.29, 1.82) is 0 Å². The highest BCUT2D eigenvalue weighted by Crippen LogP contribution is 2.25. The molecule has 1 aliphatic carbocycles. The van der Waals surface area contributed by atoms with E-state index < -0.39 is 10.8 Å². The van der Waals surface area contributed by atoms with Gasteiger partial charge in [0.2, 0.25) is 0 Å². The Bertz CT molecular complexity index is 478. The van der Waals surface area contributed by atoms with Crippen LogP contribution in [0.2, 0.25) is 0 Å². The molecule has 100 valence electrons. The quantitative estimate of drug-likeness (QED) is 0.877. The van der Waals surface area contributed by atoms with Crippen LogP contribution >= 0.6 is 0 Å². The molecule has 1 atom stereocenters. The zero-order chi connectivity index (χ0) is 13.0. The Morgan fingerprint density at radius 3 is 2.78 bits per heavy atom. The summed E-state index contributed by atoms with van der Waals surface area (Å²) in [7, 11) is -0.826. The molecule has 0 aliphatic heterocycles. The number of nitrogens with zero attached hydrogens (tertiary/aromatic N) is 1. The summed E-state index contributed by atoms with van der Waals surface area (Å²) in [5.41, 5.74) is 6.11. The standard InChI is InChI=1S/C13H20N2O2S/c14-12-5-6-13(16)15(9-12)7-8-18(17)10-11-3-1-2-4-11/h5-6,9,11H,1-4,7-8,10,14H2. The van der Waals surface area contributed by atoms with Crippen molar-refractivity contribution in [3.8, 4) is 0 Å². The Hall–Kier alpha value is -1.10. The molecule has 1 aromatic rings. The molecule has 2 rings (SSSR count). The summed E-state index contributed by atoms with van der Waals surface area (Å²) in [6.07, 6.45) is 6.59. The second-order valence-corrected chi connectivity index (χ2v) is 6.58. The van der Waals surface area contributed by atoms with E-state index in [-0.39, 0.29) is 5.56 Å². The molecular weight excluding hydrogens is 248 g/mol. The minimum absolute atomic E-state index is 0.0814. The predicted molar refractivity (Wildman–Crippen MR) is 74.9 cm³/mol. The molecule has 0 amide bonds. The number of anilines is 1. The first kappa shape index (κ1) is 13.3. The summed E-state index contributed by atoms with van der Waals surface area (Å²) in [4.78, 5) is 11.5. The van der Waals surface area contributed by atoms with Gasteiger partial charge in [-0.15, -0.1) is 0 Å². The number of aromatic nitrogens is 1. The van der Waals surface area contributed by atoms with Crippen LogP contribution in [-0.2, 0) is 17.3 Å². The van der Waals surface area contributed by atoms with Crippen molar-refractivity contribution in [2.75, 3.05) is 17.2 Å². The third-order valence-corrected chi connectivity index (χ3v) is 4.94. The maximum Gasteiger partial charge on any atom is 0.250 e. The van der Waals surface area contributed by atoms with Gasteiger partial charge < -0.3 is 10.3 Å². The molecule has 1 heterocycles. The van der Waals surface area contributed by atoms with Crippen molar-refractivity contribution < 1.29 is 4.21 Å². The van der Waals surface area contributed by atoms with Crippen LogP contribution in [0.3, 0.4) is 0 Å². The van der Waals surface area contributed by atoms with Crippen LogP contribution < -0.4 is 11.3 Å². The van der Waals surface area contributed by atoms with E-state index in [1.54, 1.807) is 16.8 Å². The molecule has 1 aromatic heterocycles. The smallest absolute Gasteiger partial charge is 0.250 e. The fraction of sp³-hybridized carbons (Fsp3) is 0.615. The lowest BCUT2D eigenvalue weighted by Crippen LogP contribution is -2.23. The number of aryl methyl sites for hydroxylation is 1. The summed E-state index contributed by atoms with van der Waals surface area (Å²) in [6, 6.07) is 3.05. The first-order valence-electron chi connectivity index (χ1n) is 6.46. The van der Waals surface area contributed by atoms with Gasteiger partial charge in [-0.3, -0.25) is 9.00 Å². The van der Waals surface area contributed by atoms with E-state index in [1.165, 1.54) is 31.7 Å². The van der Waals surface area contributed by atoms with Gasteiger partial charge in [-0.05, 0) is 24.8 Å². The van der Waals surface area contributed by atoms with Crippen molar-refractivity contribution in [2.45, 2.75) is 32.2 Å². The van der Waals surface area contributed by atoms with Gasteiger partial charge in [0.05, 0.1) is 0 Å². The first-order valence-corrected chi connectivity index (χ1v) is 7.95. The van der Waals surface area contributed by atoms with Crippen molar-refractivity contribution in [1.82, 2.24) is 4.57 Å². The average molecular weight is 268 g/mol. The van der Waals surface area contributed by atoms with E-state index in [0.717, 1.165) is 5.75 Å². The highest BCUT2D eigenvalue weighted by atomic mass is 32.2. The Morgan fingerprint density at radius 1 is 1.33 bits per heavy atom. The summed E-state index contributed by atoms with van der Waals surface area (Å²) >= 11 is 0. The molecule has 2 N–H and O–H groups in total. The molecule has 1 fully saturated rings. The first-order chi connectivity index (χ1) is 8.65. The number of nitrogens with two attached hydrogens (primary N) is 1. The van der Waals surface area contributed by atoms with E-state index in [1.807, 2.05) is 0 Å². The van der Waals surface area contributed by atoms with Gasteiger partial charge in [-0.2, -0.15) is 0 Å². The molecule has 1 saturated carbocycles. The maximum absolute atomic E-state index is 11.9. The molecule has 0 aromatic carbocycles. The van der Waals surface area contributed by atoms with E-state index in [4.69, 9.17) is 5.73 Å². The fourth-order valence-electron chi connectivity index (χ4n) is 2.45. The van der Waals surface area contributed by atoms with E-state index in [2.05, 4.69) is 0 Å². The fourth-order valence-corrected chi connectivity index (χ4v) is 3.87. The molecule has 1 aliphatic rings. The van der Waals surface area contributed by atoms with Crippen molar-refractivity contribution in [2.24, 2.45) is 5.92 Å². The topological polar surface area (TPSA) is 65.1 Å². The van der Waals surface area contributed by atoms with Crippen molar-refractivity contribution >= 4 is 16.5 Å². The summed E-state index contributed by atoms with van der Waals surface area (Å²) in [6.45, 7) is 0.489. The van der Waals surface area contributed by atoms with Crippen LogP contribution in [0, 0.1) is 5.92 Å². The van der Waals surface area contributed by atoms with Gasteiger partial charge in [0.1, 0.15) is 0 Å². The van der Waals surface area contributed by atoms with Gasteiger partial charge in [-0.25, -0.2) is 0 Å². The predicted octanol–water partition coefficient (Wildman–Crippen LogP) is 1.37. The molecule has 1 unspecified atom stereocenters. The van der Waals surface area contributed by atoms with Crippen LogP contribution in [0.1, 0.15) is 25.7 Å². The number of nitrogen functional groups attached to an aromatic ring is 1. The Kier molecular flexibility index (Phi) is 4.58. The lowest BCUT2D eigenvalue weighted by molar-refractivity contribution is 0.601. The second-order valence-electron chi connectivity index (χ2n) is 4.96. The van der Waals surface area contributed by atoms with Crippen LogP contribution in [0.5, 0.6) is 0 Å². The van der Waals surface area contributed by atoms with Crippen molar-refractivity contribution in [3.63, 3.8) is 0 Å². The highest BCUT2D eigenvalue weighted by Gasteiger charge is 2.17. The van der Waals surface area contributed by atoms with Gasteiger partial charge in [-0.1, -0.05) is 12.8 Å². The lowest BCUT2D eigenvalue weighted by atomic mass is 10.1. The number of pyridine rings is 1.